The summed E-state index contributed by atoms with van der Waals surface area (Å²) in [6, 6.07) is 5.29. The van der Waals surface area contributed by atoms with Crippen molar-refractivity contribution in [2.45, 2.75) is 20.0 Å². The molecule has 1 N–H and O–H groups in total. The molecular formula is C15H19N3O4. The number of carbonyl (C=O) groups excluding carboxylic acids is 1. The maximum absolute atomic E-state index is 12.1. The molecule has 0 aliphatic carbocycles. The molecule has 0 bridgehead atoms. The number of aromatic nitrogens is 2. The van der Waals surface area contributed by atoms with Crippen LogP contribution in [0, 0.1) is 6.92 Å². The highest BCUT2D eigenvalue weighted by Crippen LogP contribution is 2.18. The topological polar surface area (TPSA) is 86.5 Å². The smallest absolute Gasteiger partial charge is 0.251 e. The zero-order valence-corrected chi connectivity index (χ0v) is 12.9. The van der Waals surface area contributed by atoms with Gasteiger partial charge in [0.05, 0.1) is 7.11 Å². The average Bonchev–Trinajstić information content (AvgIpc) is 2.95. The van der Waals surface area contributed by atoms with Crippen molar-refractivity contribution in [1.82, 2.24) is 15.5 Å². The summed E-state index contributed by atoms with van der Waals surface area (Å²) in [5.74, 6) is 1.57. The molecule has 0 saturated carbocycles. The van der Waals surface area contributed by atoms with Crippen molar-refractivity contribution in [3.05, 3.63) is 41.0 Å². The maximum Gasteiger partial charge on any atom is 0.251 e. The van der Waals surface area contributed by atoms with Gasteiger partial charge in [-0.05, 0) is 30.7 Å². The van der Waals surface area contributed by atoms with Crippen molar-refractivity contribution in [1.29, 1.82) is 0 Å². The average molecular weight is 305 g/mol. The summed E-state index contributed by atoms with van der Waals surface area (Å²) in [5.41, 5.74) is 1.50. The molecule has 0 saturated heterocycles. The van der Waals surface area contributed by atoms with Gasteiger partial charge in [-0.3, -0.25) is 4.79 Å². The van der Waals surface area contributed by atoms with Crippen molar-refractivity contribution >= 4 is 5.91 Å². The van der Waals surface area contributed by atoms with Crippen molar-refractivity contribution in [2.75, 3.05) is 20.8 Å². The van der Waals surface area contributed by atoms with Crippen LogP contribution in [0.15, 0.2) is 22.7 Å². The van der Waals surface area contributed by atoms with Crippen LogP contribution in [0.1, 0.15) is 27.6 Å². The lowest BCUT2D eigenvalue weighted by Crippen LogP contribution is -2.25. The molecule has 0 aliphatic heterocycles. The Morgan fingerprint density at radius 3 is 2.86 bits per heavy atom. The molecule has 7 heteroatoms. The predicted octanol–water partition coefficient (Wildman–Crippen LogP) is 1.51. The second-order valence-corrected chi connectivity index (χ2v) is 4.73. The van der Waals surface area contributed by atoms with E-state index >= 15 is 0 Å². The van der Waals surface area contributed by atoms with Crippen LogP contribution in [0.2, 0.25) is 0 Å². The molecule has 0 unspecified atom stereocenters. The number of hydrogen-bond donors (Lipinski definition) is 1. The summed E-state index contributed by atoms with van der Waals surface area (Å²) < 4.78 is 15.1. The van der Waals surface area contributed by atoms with Gasteiger partial charge < -0.3 is 19.3 Å². The first-order chi connectivity index (χ1) is 10.6. The van der Waals surface area contributed by atoms with E-state index in [4.69, 9.17) is 14.0 Å². The van der Waals surface area contributed by atoms with Crippen molar-refractivity contribution in [3.63, 3.8) is 0 Å². The highest BCUT2D eigenvalue weighted by atomic mass is 16.5. The second kappa shape index (κ2) is 7.56. The monoisotopic (exact) mass is 305 g/mol. The van der Waals surface area contributed by atoms with Gasteiger partial charge in [0.15, 0.2) is 5.82 Å². The molecule has 22 heavy (non-hydrogen) atoms. The molecule has 0 spiro atoms. The molecular weight excluding hydrogens is 286 g/mol. The zero-order chi connectivity index (χ0) is 15.9. The number of hydrogen-bond acceptors (Lipinski definition) is 6. The van der Waals surface area contributed by atoms with E-state index in [0.717, 1.165) is 11.3 Å². The van der Waals surface area contributed by atoms with Gasteiger partial charge in [0, 0.05) is 25.6 Å². The number of ether oxygens (including phenoxy) is 2. The highest BCUT2D eigenvalue weighted by molar-refractivity contribution is 5.94. The fourth-order valence-electron chi connectivity index (χ4n) is 1.98. The van der Waals surface area contributed by atoms with E-state index in [1.165, 1.54) is 0 Å². The molecule has 0 radical (unpaired) electrons. The van der Waals surface area contributed by atoms with Crippen molar-refractivity contribution in [2.24, 2.45) is 0 Å². The van der Waals surface area contributed by atoms with Crippen LogP contribution in [-0.4, -0.2) is 36.8 Å². The Hall–Kier alpha value is -2.41. The summed E-state index contributed by atoms with van der Waals surface area (Å²) in [6.07, 6.45) is 0.470. The number of aryl methyl sites for hydroxylation is 1. The summed E-state index contributed by atoms with van der Waals surface area (Å²) in [4.78, 5) is 16.2. The third-order valence-electron chi connectivity index (χ3n) is 3.07. The van der Waals surface area contributed by atoms with E-state index in [0.29, 0.717) is 36.9 Å². The Bertz CT molecular complexity index is 639. The van der Waals surface area contributed by atoms with E-state index in [2.05, 4.69) is 15.5 Å². The second-order valence-electron chi connectivity index (χ2n) is 4.73. The molecule has 1 aromatic heterocycles. The number of nitrogens with zero attached hydrogens (tertiary/aromatic N) is 2. The lowest BCUT2D eigenvalue weighted by molar-refractivity contribution is 0.0953. The van der Waals surface area contributed by atoms with E-state index in [1.54, 1.807) is 32.4 Å². The SMILES string of the molecule is COCc1noc(CCNC(=O)c2ccc(OC)c(C)c2)n1. The van der Waals surface area contributed by atoms with Crippen LogP contribution < -0.4 is 10.1 Å². The minimum absolute atomic E-state index is 0.151. The number of amides is 1. The molecule has 1 amide bonds. The summed E-state index contributed by atoms with van der Waals surface area (Å²) in [6.45, 7) is 2.62. The fraction of sp³-hybridized carbons (Fsp3) is 0.400. The lowest BCUT2D eigenvalue weighted by Gasteiger charge is -2.07. The van der Waals surface area contributed by atoms with Gasteiger partial charge in [-0.1, -0.05) is 5.16 Å². The number of methoxy groups -OCH3 is 2. The van der Waals surface area contributed by atoms with Gasteiger partial charge in [-0.2, -0.15) is 4.98 Å². The van der Waals surface area contributed by atoms with Gasteiger partial charge >= 0.3 is 0 Å². The van der Waals surface area contributed by atoms with Crippen LogP contribution in [0.4, 0.5) is 0 Å². The van der Waals surface area contributed by atoms with E-state index in [-0.39, 0.29) is 5.91 Å². The zero-order valence-electron chi connectivity index (χ0n) is 12.9. The lowest BCUT2D eigenvalue weighted by atomic mass is 10.1. The predicted molar refractivity (Wildman–Crippen MR) is 78.8 cm³/mol. The molecule has 0 aliphatic rings. The van der Waals surface area contributed by atoms with Crippen LogP contribution >= 0.6 is 0 Å². The Labute approximate surface area is 128 Å². The van der Waals surface area contributed by atoms with Crippen LogP contribution in [-0.2, 0) is 17.8 Å². The molecule has 118 valence electrons. The Balaban J connectivity index is 1.85. The minimum Gasteiger partial charge on any atom is -0.496 e. The largest absolute Gasteiger partial charge is 0.496 e. The molecule has 1 aromatic carbocycles. The third kappa shape index (κ3) is 4.05. The van der Waals surface area contributed by atoms with Gasteiger partial charge in [0.1, 0.15) is 12.4 Å². The van der Waals surface area contributed by atoms with Gasteiger partial charge in [-0.25, -0.2) is 0 Å². The van der Waals surface area contributed by atoms with Gasteiger partial charge in [-0.15, -0.1) is 0 Å². The standard InChI is InChI=1S/C15H19N3O4/c1-10-8-11(4-5-12(10)21-3)15(19)16-7-6-14-17-13(9-20-2)18-22-14/h4-5,8H,6-7,9H2,1-3H3,(H,16,19). The Morgan fingerprint density at radius 2 is 2.18 bits per heavy atom. The Kier molecular flexibility index (Phi) is 5.48. The normalized spacial score (nSPS) is 10.5. The summed E-state index contributed by atoms with van der Waals surface area (Å²) in [5, 5.41) is 6.57. The summed E-state index contributed by atoms with van der Waals surface area (Å²) >= 11 is 0. The molecule has 7 nitrogen and oxygen atoms in total. The van der Waals surface area contributed by atoms with Gasteiger partial charge in [0.2, 0.25) is 5.89 Å². The van der Waals surface area contributed by atoms with Crippen LogP contribution in [0.5, 0.6) is 5.75 Å². The highest BCUT2D eigenvalue weighted by Gasteiger charge is 2.09. The van der Waals surface area contributed by atoms with Crippen molar-refractivity contribution in [3.8, 4) is 5.75 Å². The quantitative estimate of drug-likeness (QED) is 0.834. The Morgan fingerprint density at radius 1 is 1.36 bits per heavy atom. The first-order valence-electron chi connectivity index (χ1n) is 6.87. The third-order valence-corrected chi connectivity index (χ3v) is 3.07. The number of carbonyl (C=O) groups is 1. The molecule has 1 heterocycles. The van der Waals surface area contributed by atoms with E-state index in [9.17, 15) is 4.79 Å². The first kappa shape index (κ1) is 16.0. The van der Waals surface area contributed by atoms with Crippen molar-refractivity contribution < 1.29 is 18.8 Å². The maximum atomic E-state index is 12.1. The molecule has 2 aromatic rings. The first-order valence-corrected chi connectivity index (χ1v) is 6.87. The molecule has 2 rings (SSSR count). The minimum atomic E-state index is -0.151. The molecule has 0 fully saturated rings. The number of benzene rings is 1. The van der Waals surface area contributed by atoms with E-state index in [1.807, 2.05) is 6.92 Å². The van der Waals surface area contributed by atoms with Crippen LogP contribution in [0.25, 0.3) is 0 Å². The van der Waals surface area contributed by atoms with Gasteiger partial charge in [0.25, 0.3) is 5.91 Å². The number of nitrogens with one attached hydrogen (secondary N) is 1. The summed E-state index contributed by atoms with van der Waals surface area (Å²) in [7, 11) is 3.16. The van der Waals surface area contributed by atoms with Crippen LogP contribution in [0.3, 0.4) is 0 Å². The number of rotatable bonds is 7. The fourth-order valence-corrected chi connectivity index (χ4v) is 1.98. The van der Waals surface area contributed by atoms with E-state index < -0.39 is 0 Å². The molecule has 0 atom stereocenters.